The number of esters is 2. The van der Waals surface area contributed by atoms with Crippen LogP contribution in [0.5, 0.6) is 5.75 Å². The Morgan fingerprint density at radius 2 is 2.20 bits per heavy atom. The molecule has 0 radical (unpaired) electrons. The second-order valence-corrected chi connectivity index (χ2v) is 3.95. The van der Waals surface area contributed by atoms with E-state index in [1.807, 2.05) is 0 Å². The van der Waals surface area contributed by atoms with Crippen molar-refractivity contribution < 1.29 is 28.7 Å². The Morgan fingerprint density at radius 1 is 1.45 bits per heavy atom. The van der Waals surface area contributed by atoms with E-state index in [1.165, 1.54) is 18.2 Å². The monoisotopic (exact) mass is 281 g/mol. The van der Waals surface area contributed by atoms with Gasteiger partial charge in [-0.2, -0.15) is 0 Å². The van der Waals surface area contributed by atoms with Gasteiger partial charge in [-0.15, -0.1) is 0 Å². The molecule has 106 valence electrons. The van der Waals surface area contributed by atoms with E-state index in [0.29, 0.717) is 6.42 Å². The summed E-state index contributed by atoms with van der Waals surface area (Å²) in [4.78, 5) is 32.7. The highest BCUT2D eigenvalue weighted by Crippen LogP contribution is 2.25. The van der Waals surface area contributed by atoms with Crippen molar-refractivity contribution in [1.29, 1.82) is 0 Å². The van der Waals surface area contributed by atoms with Crippen molar-refractivity contribution in [1.82, 2.24) is 0 Å². The molecule has 1 aliphatic rings. The van der Waals surface area contributed by atoms with Crippen LogP contribution < -0.4 is 4.74 Å². The summed E-state index contributed by atoms with van der Waals surface area (Å²) in [5.74, 6) is -1.42. The van der Waals surface area contributed by atoms with Crippen molar-refractivity contribution in [2.45, 2.75) is 12.5 Å². The quantitative estimate of drug-likeness (QED) is 0.447. The van der Waals surface area contributed by atoms with Crippen molar-refractivity contribution in [3.63, 3.8) is 0 Å². The first-order valence-electron chi connectivity index (χ1n) is 5.80. The lowest BCUT2D eigenvalue weighted by atomic mass is 10.3. The number of hydrogen-bond donors (Lipinski definition) is 0. The molecule has 0 spiro atoms. The maximum Gasteiger partial charge on any atom is 0.347 e. The highest BCUT2D eigenvalue weighted by atomic mass is 16.6. The molecule has 1 aliphatic heterocycles. The van der Waals surface area contributed by atoms with E-state index in [9.17, 15) is 19.7 Å². The maximum atomic E-state index is 11.5. The fourth-order valence-electron chi connectivity index (χ4n) is 1.64. The molecular weight excluding hydrogens is 270 g/mol. The van der Waals surface area contributed by atoms with Gasteiger partial charge in [0.25, 0.3) is 0 Å². The summed E-state index contributed by atoms with van der Waals surface area (Å²) in [6.07, 6.45) is -0.618. The van der Waals surface area contributed by atoms with Gasteiger partial charge in [0.05, 0.1) is 11.5 Å². The van der Waals surface area contributed by atoms with Gasteiger partial charge in [-0.05, 0) is 6.07 Å². The van der Waals surface area contributed by atoms with Gasteiger partial charge >= 0.3 is 17.6 Å². The Bertz CT molecular complexity index is 542. The van der Waals surface area contributed by atoms with Crippen molar-refractivity contribution in [2.24, 2.45) is 0 Å². The number of carbonyl (C=O) groups is 2. The number of benzene rings is 1. The third-order valence-corrected chi connectivity index (χ3v) is 2.57. The molecular formula is C12H11NO7. The molecule has 1 aromatic rings. The van der Waals surface area contributed by atoms with E-state index in [-0.39, 0.29) is 18.0 Å². The van der Waals surface area contributed by atoms with E-state index < -0.39 is 29.6 Å². The molecule has 0 aliphatic carbocycles. The van der Waals surface area contributed by atoms with Gasteiger partial charge in [-0.1, -0.05) is 12.1 Å². The lowest BCUT2D eigenvalue weighted by Crippen LogP contribution is -2.26. The third-order valence-electron chi connectivity index (χ3n) is 2.57. The molecule has 0 aromatic heterocycles. The number of hydrogen-bond acceptors (Lipinski definition) is 7. The van der Waals surface area contributed by atoms with Crippen LogP contribution in [0.3, 0.4) is 0 Å². The average Bonchev–Trinajstić information content (AvgIpc) is 2.82. The fourth-order valence-corrected chi connectivity index (χ4v) is 1.64. The van der Waals surface area contributed by atoms with Gasteiger partial charge in [-0.3, -0.25) is 10.1 Å². The zero-order valence-corrected chi connectivity index (χ0v) is 10.3. The van der Waals surface area contributed by atoms with Crippen LogP contribution in [0.25, 0.3) is 0 Å². The van der Waals surface area contributed by atoms with Gasteiger partial charge in [0.1, 0.15) is 0 Å². The van der Waals surface area contributed by atoms with Crippen LogP contribution in [0.1, 0.15) is 6.42 Å². The van der Waals surface area contributed by atoms with E-state index in [0.717, 1.165) is 0 Å². The Hall–Kier alpha value is -2.64. The molecule has 20 heavy (non-hydrogen) atoms. The Balaban J connectivity index is 1.90. The van der Waals surface area contributed by atoms with E-state index in [1.54, 1.807) is 6.07 Å². The van der Waals surface area contributed by atoms with Gasteiger partial charge in [0.2, 0.25) is 6.10 Å². The number of nitro groups is 1. The van der Waals surface area contributed by atoms with Crippen LogP contribution in [-0.4, -0.2) is 36.2 Å². The van der Waals surface area contributed by atoms with E-state index in [4.69, 9.17) is 9.47 Å². The molecule has 8 nitrogen and oxygen atoms in total. The van der Waals surface area contributed by atoms with Crippen LogP contribution in [0.15, 0.2) is 24.3 Å². The third kappa shape index (κ3) is 3.22. The SMILES string of the molecule is O=C(COc1ccccc1[N+](=O)[O-])O[C@@H]1CCOC1=O. The molecule has 2 rings (SSSR count). The first-order valence-corrected chi connectivity index (χ1v) is 5.80. The summed E-state index contributed by atoms with van der Waals surface area (Å²) < 4.78 is 14.5. The first-order chi connectivity index (χ1) is 9.58. The molecule has 1 heterocycles. The topological polar surface area (TPSA) is 105 Å². The van der Waals surface area contributed by atoms with E-state index in [2.05, 4.69) is 4.74 Å². The smallest absolute Gasteiger partial charge is 0.347 e. The molecule has 1 aromatic carbocycles. The lowest BCUT2D eigenvalue weighted by molar-refractivity contribution is -0.385. The van der Waals surface area contributed by atoms with Crippen molar-refractivity contribution in [3.05, 3.63) is 34.4 Å². The average molecular weight is 281 g/mol. The molecule has 0 amide bonds. The second kappa shape index (κ2) is 6.00. The Morgan fingerprint density at radius 3 is 2.85 bits per heavy atom. The van der Waals surface area contributed by atoms with Crippen molar-refractivity contribution in [2.75, 3.05) is 13.2 Å². The first kappa shape index (κ1) is 13.8. The Kier molecular flexibility index (Phi) is 4.14. The predicted molar refractivity (Wildman–Crippen MR) is 64.0 cm³/mol. The summed E-state index contributed by atoms with van der Waals surface area (Å²) in [7, 11) is 0. The molecule has 0 bridgehead atoms. The minimum absolute atomic E-state index is 0.0385. The number of ether oxygens (including phenoxy) is 3. The van der Waals surface area contributed by atoms with Gasteiger partial charge in [0.15, 0.2) is 12.4 Å². The molecule has 1 saturated heterocycles. The molecule has 0 N–H and O–H groups in total. The summed E-state index contributed by atoms with van der Waals surface area (Å²) >= 11 is 0. The summed E-state index contributed by atoms with van der Waals surface area (Å²) in [6.45, 7) is -0.309. The predicted octanol–water partition coefficient (Wildman–Crippen LogP) is 0.832. The maximum absolute atomic E-state index is 11.5. The Labute approximate surface area is 113 Å². The number of para-hydroxylation sites is 2. The highest BCUT2D eigenvalue weighted by Gasteiger charge is 2.30. The molecule has 0 saturated carbocycles. The normalized spacial score (nSPS) is 17.4. The minimum Gasteiger partial charge on any atom is -0.475 e. The van der Waals surface area contributed by atoms with Crippen LogP contribution in [-0.2, 0) is 19.1 Å². The van der Waals surface area contributed by atoms with Crippen molar-refractivity contribution in [3.8, 4) is 5.75 Å². The largest absolute Gasteiger partial charge is 0.475 e. The lowest BCUT2D eigenvalue weighted by Gasteiger charge is -2.09. The molecule has 8 heteroatoms. The second-order valence-electron chi connectivity index (χ2n) is 3.95. The van der Waals surface area contributed by atoms with Crippen LogP contribution >= 0.6 is 0 Å². The van der Waals surface area contributed by atoms with Crippen molar-refractivity contribution >= 4 is 17.6 Å². The number of rotatable bonds is 5. The standard InChI is InChI=1S/C12H11NO7/c14-11(20-10-5-6-18-12(10)15)7-19-9-4-2-1-3-8(9)13(16)17/h1-4,10H,5-7H2/t10-/m1/s1. The van der Waals surface area contributed by atoms with E-state index >= 15 is 0 Å². The van der Waals surface area contributed by atoms with Crippen LogP contribution in [0, 0.1) is 10.1 Å². The van der Waals surface area contributed by atoms with Gasteiger partial charge < -0.3 is 14.2 Å². The van der Waals surface area contributed by atoms with Gasteiger partial charge in [-0.25, -0.2) is 9.59 Å². The number of nitro benzene ring substituents is 1. The number of cyclic esters (lactones) is 1. The molecule has 0 unspecified atom stereocenters. The van der Waals surface area contributed by atoms with Crippen LogP contribution in [0.4, 0.5) is 5.69 Å². The molecule has 1 fully saturated rings. The summed E-state index contributed by atoms with van der Waals surface area (Å²) in [5, 5.41) is 10.7. The molecule has 1 atom stereocenters. The summed E-state index contributed by atoms with van der Waals surface area (Å²) in [5.41, 5.74) is -0.249. The fraction of sp³-hybridized carbons (Fsp3) is 0.333. The van der Waals surface area contributed by atoms with Gasteiger partial charge in [0, 0.05) is 12.5 Å². The zero-order valence-electron chi connectivity index (χ0n) is 10.3. The highest BCUT2D eigenvalue weighted by molar-refractivity contribution is 5.81. The zero-order chi connectivity index (χ0) is 14.5. The number of carbonyl (C=O) groups excluding carboxylic acids is 2. The minimum atomic E-state index is -0.920. The summed E-state index contributed by atoms with van der Waals surface area (Å²) in [6, 6.07) is 5.66. The van der Waals surface area contributed by atoms with Crippen LogP contribution in [0.2, 0.25) is 0 Å². The number of nitrogens with zero attached hydrogens (tertiary/aromatic N) is 1.